The van der Waals surface area contributed by atoms with Crippen molar-refractivity contribution in [3.8, 4) is 11.6 Å². The zero-order valence-electron chi connectivity index (χ0n) is 12.2. The smallest absolute Gasteiger partial charge is 0.346 e. The van der Waals surface area contributed by atoms with Crippen LogP contribution in [-0.4, -0.2) is 38.0 Å². The molecule has 3 rings (SSSR count). The van der Waals surface area contributed by atoms with Gasteiger partial charge in [0.25, 0.3) is 0 Å². The molecule has 1 aromatic heterocycles. The number of aromatic nitrogens is 2. The summed E-state index contributed by atoms with van der Waals surface area (Å²) in [6, 6.07) is 2.65. The number of hydrogen-bond acceptors (Lipinski definition) is 6. The van der Waals surface area contributed by atoms with Gasteiger partial charge in [0.05, 0.1) is 22.8 Å². The van der Waals surface area contributed by atoms with Crippen molar-refractivity contribution in [1.29, 1.82) is 0 Å². The van der Waals surface area contributed by atoms with Crippen LogP contribution in [0.5, 0.6) is 11.6 Å². The number of nitrogens with zero attached hydrogens (tertiary/aromatic N) is 2. The number of halogens is 3. The third-order valence-electron chi connectivity index (χ3n) is 3.30. The van der Waals surface area contributed by atoms with Crippen molar-refractivity contribution < 1.29 is 22.1 Å². The molecule has 0 fully saturated rings. The molecular weight excluding hydrogens is 403 g/mol. The third kappa shape index (κ3) is 3.29. The summed E-state index contributed by atoms with van der Waals surface area (Å²) >= 11 is 17.7. The highest BCUT2D eigenvalue weighted by Gasteiger charge is 2.32. The number of methoxy groups -OCH3 is 1. The van der Waals surface area contributed by atoms with Crippen LogP contribution in [0.15, 0.2) is 23.2 Å². The number of fused-ring (bicyclic) bond motifs is 1. The van der Waals surface area contributed by atoms with Crippen molar-refractivity contribution >= 4 is 44.9 Å². The molecule has 0 radical (unpaired) electrons. The van der Waals surface area contributed by atoms with Gasteiger partial charge in [-0.25, -0.2) is 4.68 Å². The first-order valence-corrected chi connectivity index (χ1v) is 9.16. The lowest BCUT2D eigenvalue weighted by atomic mass is 10.3. The predicted octanol–water partition coefficient (Wildman–Crippen LogP) is 3.02. The summed E-state index contributed by atoms with van der Waals surface area (Å²) in [5, 5.41) is 4.18. The predicted molar refractivity (Wildman–Crippen MR) is 87.8 cm³/mol. The molecular formula is C13H11Cl3N2O5S. The topological polar surface area (TPSA) is 79.7 Å². The molecule has 0 bridgehead atoms. The van der Waals surface area contributed by atoms with E-state index in [1.807, 2.05) is 0 Å². The molecule has 0 amide bonds. The standard InChI is InChI=1S/C13H11Cl3N2O5S/c1-21-8-5-18-13(22-6-8)11(4-17-18)24(19,20)23-12-9(15)2-7(14)3-10(12)16/h2-4,8H,5-6H2,1H3. The van der Waals surface area contributed by atoms with E-state index >= 15 is 0 Å². The minimum Gasteiger partial charge on any atom is -0.474 e. The van der Waals surface area contributed by atoms with Gasteiger partial charge in [0.1, 0.15) is 12.7 Å². The zero-order valence-corrected chi connectivity index (χ0v) is 15.3. The van der Waals surface area contributed by atoms with Crippen LogP contribution in [0.25, 0.3) is 0 Å². The summed E-state index contributed by atoms with van der Waals surface area (Å²) in [7, 11) is -2.72. The fourth-order valence-corrected chi connectivity index (χ4v) is 4.16. The Morgan fingerprint density at radius 2 is 1.96 bits per heavy atom. The zero-order chi connectivity index (χ0) is 17.5. The van der Waals surface area contributed by atoms with Gasteiger partial charge in [0.15, 0.2) is 10.6 Å². The van der Waals surface area contributed by atoms with E-state index in [1.165, 1.54) is 23.9 Å². The molecule has 24 heavy (non-hydrogen) atoms. The SMILES string of the molecule is COC1COc2c(S(=O)(=O)Oc3c(Cl)cc(Cl)cc3Cl)cnn2C1. The van der Waals surface area contributed by atoms with E-state index in [1.54, 1.807) is 0 Å². The van der Waals surface area contributed by atoms with Gasteiger partial charge in [-0.3, -0.25) is 0 Å². The van der Waals surface area contributed by atoms with Gasteiger partial charge in [-0.15, -0.1) is 0 Å². The third-order valence-corrected chi connectivity index (χ3v) is 5.29. The Kier molecular flexibility index (Phi) is 4.85. The summed E-state index contributed by atoms with van der Waals surface area (Å²) in [6.45, 7) is 0.566. The van der Waals surface area contributed by atoms with Crippen molar-refractivity contribution in [3.05, 3.63) is 33.4 Å². The molecule has 130 valence electrons. The fourth-order valence-electron chi connectivity index (χ4n) is 2.13. The van der Waals surface area contributed by atoms with Crippen molar-refractivity contribution in [3.63, 3.8) is 0 Å². The van der Waals surface area contributed by atoms with E-state index in [2.05, 4.69) is 5.10 Å². The molecule has 2 aromatic rings. The van der Waals surface area contributed by atoms with E-state index < -0.39 is 10.1 Å². The molecule has 1 atom stereocenters. The van der Waals surface area contributed by atoms with Crippen LogP contribution in [0.1, 0.15) is 0 Å². The fraction of sp³-hybridized carbons (Fsp3) is 0.308. The van der Waals surface area contributed by atoms with Gasteiger partial charge in [0, 0.05) is 12.1 Å². The maximum absolute atomic E-state index is 12.5. The van der Waals surface area contributed by atoms with Crippen molar-refractivity contribution in [2.24, 2.45) is 0 Å². The molecule has 1 aromatic carbocycles. The van der Waals surface area contributed by atoms with E-state index in [0.29, 0.717) is 6.54 Å². The van der Waals surface area contributed by atoms with Crippen molar-refractivity contribution in [2.45, 2.75) is 17.5 Å². The second kappa shape index (κ2) is 6.61. The van der Waals surface area contributed by atoms with Crippen LogP contribution in [0, 0.1) is 0 Å². The molecule has 1 aliphatic rings. The Hall–Kier alpha value is -1.19. The Morgan fingerprint density at radius 3 is 2.58 bits per heavy atom. The van der Waals surface area contributed by atoms with Gasteiger partial charge in [-0.2, -0.15) is 13.5 Å². The number of hydrogen-bond donors (Lipinski definition) is 0. The maximum atomic E-state index is 12.5. The van der Waals surface area contributed by atoms with E-state index in [9.17, 15) is 8.42 Å². The molecule has 0 spiro atoms. The normalized spacial score (nSPS) is 17.2. The lowest BCUT2D eigenvalue weighted by Crippen LogP contribution is -2.32. The summed E-state index contributed by atoms with van der Waals surface area (Å²) < 4.78 is 42.1. The first kappa shape index (κ1) is 17.6. The highest BCUT2D eigenvalue weighted by molar-refractivity contribution is 7.87. The van der Waals surface area contributed by atoms with E-state index in [0.717, 1.165) is 6.20 Å². The number of benzene rings is 1. The first-order valence-electron chi connectivity index (χ1n) is 6.62. The molecule has 7 nitrogen and oxygen atoms in total. The molecule has 0 saturated carbocycles. The van der Waals surface area contributed by atoms with Gasteiger partial charge in [0.2, 0.25) is 5.88 Å². The average Bonchev–Trinajstić information content (AvgIpc) is 2.94. The Labute approximate surface area is 153 Å². The molecule has 2 heterocycles. The maximum Gasteiger partial charge on any atom is 0.346 e. The number of ether oxygens (including phenoxy) is 2. The van der Waals surface area contributed by atoms with Gasteiger partial charge in [-0.05, 0) is 12.1 Å². The quantitative estimate of drug-likeness (QED) is 0.717. The Bertz CT molecular complexity index is 861. The van der Waals surface area contributed by atoms with Crippen LogP contribution < -0.4 is 8.92 Å². The van der Waals surface area contributed by atoms with Crippen LogP contribution in [0.3, 0.4) is 0 Å². The molecule has 0 aliphatic carbocycles. The highest BCUT2D eigenvalue weighted by Crippen LogP contribution is 2.38. The van der Waals surface area contributed by atoms with Crippen LogP contribution in [0.2, 0.25) is 15.1 Å². The summed E-state index contributed by atoms with van der Waals surface area (Å²) in [4.78, 5) is -0.223. The van der Waals surface area contributed by atoms with Gasteiger partial charge in [-0.1, -0.05) is 34.8 Å². The molecule has 0 saturated heterocycles. The second-order valence-electron chi connectivity index (χ2n) is 4.90. The van der Waals surface area contributed by atoms with E-state index in [-0.39, 0.29) is 44.3 Å². The van der Waals surface area contributed by atoms with Crippen molar-refractivity contribution in [1.82, 2.24) is 9.78 Å². The molecule has 1 aliphatic heterocycles. The van der Waals surface area contributed by atoms with Crippen LogP contribution in [0.4, 0.5) is 0 Å². The lowest BCUT2D eigenvalue weighted by molar-refractivity contribution is 0.0164. The monoisotopic (exact) mass is 412 g/mol. The minimum atomic E-state index is -4.25. The van der Waals surface area contributed by atoms with E-state index in [4.69, 9.17) is 48.5 Å². The molecule has 0 N–H and O–H groups in total. The van der Waals surface area contributed by atoms with Gasteiger partial charge < -0.3 is 13.7 Å². The number of rotatable bonds is 4. The molecule has 11 heteroatoms. The van der Waals surface area contributed by atoms with Crippen LogP contribution in [-0.2, 0) is 21.4 Å². The van der Waals surface area contributed by atoms with Crippen LogP contribution >= 0.6 is 34.8 Å². The Morgan fingerprint density at radius 1 is 1.29 bits per heavy atom. The minimum absolute atomic E-state index is 0.0301. The summed E-state index contributed by atoms with van der Waals surface area (Å²) in [6.07, 6.45) is 0.925. The van der Waals surface area contributed by atoms with Crippen molar-refractivity contribution in [2.75, 3.05) is 13.7 Å². The summed E-state index contributed by atoms with van der Waals surface area (Å²) in [5.41, 5.74) is 0. The van der Waals surface area contributed by atoms with Gasteiger partial charge >= 0.3 is 10.1 Å². The Balaban J connectivity index is 1.95. The highest BCUT2D eigenvalue weighted by atomic mass is 35.5. The summed E-state index contributed by atoms with van der Waals surface area (Å²) in [5.74, 6) is -0.141. The second-order valence-corrected chi connectivity index (χ2v) is 7.67. The average molecular weight is 414 g/mol. The first-order chi connectivity index (χ1) is 11.3. The lowest BCUT2D eigenvalue weighted by Gasteiger charge is -2.23. The largest absolute Gasteiger partial charge is 0.474 e. The molecule has 1 unspecified atom stereocenters.